The Morgan fingerprint density at radius 1 is 0.600 bits per heavy atom. The van der Waals surface area contributed by atoms with E-state index in [0.29, 0.717) is 10.0 Å². The first kappa shape index (κ1) is 17.9. The molecule has 0 atom stereocenters. The van der Waals surface area contributed by atoms with Crippen LogP contribution in [0, 0.1) is 23.7 Å². The summed E-state index contributed by atoms with van der Waals surface area (Å²) in [6.07, 6.45) is 7.13. The van der Waals surface area contributed by atoms with E-state index in [2.05, 4.69) is 42.5 Å². The van der Waals surface area contributed by atoms with E-state index in [0.717, 1.165) is 29.2 Å². The summed E-state index contributed by atoms with van der Waals surface area (Å²) in [6, 6.07) is 22.3. The summed E-state index contributed by atoms with van der Waals surface area (Å²) in [4.78, 5) is 0. The first-order valence-electron chi connectivity index (χ1n) is 11.3. The number of benzene rings is 3. The van der Waals surface area contributed by atoms with Crippen molar-refractivity contribution in [3.8, 4) is 22.3 Å². The van der Waals surface area contributed by atoms with Gasteiger partial charge in [-0.1, -0.05) is 59.6 Å². The molecule has 2 heteroatoms. The molecule has 3 aromatic carbocycles. The number of halogens is 2. The van der Waals surface area contributed by atoms with Crippen LogP contribution >= 0.6 is 23.2 Å². The van der Waals surface area contributed by atoms with Crippen LogP contribution in [0.2, 0.25) is 10.0 Å². The third-order valence-corrected chi connectivity index (χ3v) is 9.19. The maximum absolute atomic E-state index is 6.35. The lowest BCUT2D eigenvalue weighted by atomic mass is 9.43. The molecular weight excluding hydrogens is 407 g/mol. The van der Waals surface area contributed by atoms with Gasteiger partial charge in [0.1, 0.15) is 0 Å². The molecule has 1 spiro atoms. The third kappa shape index (κ3) is 2.25. The van der Waals surface area contributed by atoms with Gasteiger partial charge in [-0.25, -0.2) is 0 Å². The van der Waals surface area contributed by atoms with E-state index in [9.17, 15) is 0 Å². The minimum atomic E-state index is 0.206. The van der Waals surface area contributed by atoms with E-state index in [-0.39, 0.29) is 5.41 Å². The molecule has 4 saturated carbocycles. The highest BCUT2D eigenvalue weighted by molar-refractivity contribution is 6.35. The van der Waals surface area contributed by atoms with Crippen LogP contribution < -0.4 is 0 Å². The Morgan fingerprint density at radius 3 is 1.93 bits per heavy atom. The summed E-state index contributed by atoms with van der Waals surface area (Å²) in [5.41, 5.74) is 8.66. The molecule has 8 rings (SSSR count). The smallest absolute Gasteiger partial charge is 0.0426 e. The lowest BCUT2D eigenvalue weighted by Gasteiger charge is -2.61. The fraction of sp³-hybridized carbons (Fsp3) is 0.357. The van der Waals surface area contributed by atoms with Gasteiger partial charge in [0.15, 0.2) is 0 Å². The van der Waals surface area contributed by atoms with Crippen molar-refractivity contribution in [1.82, 2.24) is 0 Å². The van der Waals surface area contributed by atoms with Crippen LogP contribution in [0.15, 0.2) is 60.7 Å². The van der Waals surface area contributed by atoms with Crippen molar-refractivity contribution in [3.63, 3.8) is 0 Å². The van der Waals surface area contributed by atoms with Crippen molar-refractivity contribution in [2.45, 2.75) is 37.5 Å². The Morgan fingerprint density at radius 2 is 1.23 bits per heavy atom. The molecule has 3 aromatic rings. The molecule has 0 amide bonds. The second kappa shape index (κ2) is 6.15. The predicted octanol–water partition coefficient (Wildman–Crippen LogP) is 8.38. The third-order valence-electron chi connectivity index (χ3n) is 8.75. The second-order valence-corrected chi connectivity index (χ2v) is 11.0. The largest absolute Gasteiger partial charge is 0.0843 e. The van der Waals surface area contributed by atoms with Crippen molar-refractivity contribution < 1.29 is 0 Å². The van der Waals surface area contributed by atoms with Gasteiger partial charge in [0.2, 0.25) is 0 Å². The highest BCUT2D eigenvalue weighted by Gasteiger charge is 2.61. The molecule has 5 aliphatic carbocycles. The Labute approximate surface area is 188 Å². The zero-order chi connectivity index (χ0) is 20.0. The summed E-state index contributed by atoms with van der Waals surface area (Å²) in [5, 5.41) is 1.40. The van der Waals surface area contributed by atoms with Crippen molar-refractivity contribution in [2.75, 3.05) is 0 Å². The van der Waals surface area contributed by atoms with Gasteiger partial charge in [-0.3, -0.25) is 0 Å². The molecule has 0 heterocycles. The summed E-state index contributed by atoms with van der Waals surface area (Å²) in [6.45, 7) is 0. The number of hydrogen-bond acceptors (Lipinski definition) is 0. The first-order chi connectivity index (χ1) is 14.6. The van der Waals surface area contributed by atoms with E-state index in [1.54, 1.807) is 11.1 Å². The zero-order valence-electron chi connectivity index (χ0n) is 16.9. The maximum atomic E-state index is 6.35. The SMILES string of the molecule is Clc1cc(Cl)cc(-c2ccc3c(c2)C2(c4ccccc4-3)C3CC4CC(C3)CC2C4)c1. The minimum absolute atomic E-state index is 0.206. The molecule has 5 aliphatic rings. The Kier molecular flexibility index (Phi) is 3.66. The van der Waals surface area contributed by atoms with Gasteiger partial charge in [0.05, 0.1) is 0 Å². The van der Waals surface area contributed by atoms with Gasteiger partial charge in [-0.05, 0) is 113 Å². The Bertz CT molecular complexity index is 1140. The van der Waals surface area contributed by atoms with Crippen LogP contribution in [0.5, 0.6) is 0 Å². The van der Waals surface area contributed by atoms with Crippen LogP contribution in [0.3, 0.4) is 0 Å². The topological polar surface area (TPSA) is 0 Å². The lowest BCUT2D eigenvalue weighted by Crippen LogP contribution is -2.55. The zero-order valence-corrected chi connectivity index (χ0v) is 18.4. The van der Waals surface area contributed by atoms with Gasteiger partial charge in [0.25, 0.3) is 0 Å². The van der Waals surface area contributed by atoms with Crippen molar-refractivity contribution >= 4 is 23.2 Å². The predicted molar refractivity (Wildman–Crippen MR) is 125 cm³/mol. The standard InChI is InChI=1S/C28H24Cl2/c29-22-12-19(13-23(30)15-22)18-5-6-25-24-3-1-2-4-26(24)28(27(25)14-18)20-8-16-7-17(10-20)11-21(28)9-16/h1-6,12-17,20-21H,7-11H2. The van der Waals surface area contributed by atoms with Crippen molar-refractivity contribution in [3.05, 3.63) is 81.8 Å². The molecule has 4 bridgehead atoms. The molecule has 0 unspecified atom stereocenters. The van der Waals surface area contributed by atoms with Gasteiger partial charge >= 0.3 is 0 Å². The molecule has 0 aliphatic heterocycles. The number of fused-ring (bicyclic) bond motifs is 3. The normalized spacial score (nSPS) is 32.5. The Hall–Kier alpha value is -1.76. The molecule has 0 saturated heterocycles. The molecule has 0 N–H and O–H groups in total. The molecule has 0 aromatic heterocycles. The minimum Gasteiger partial charge on any atom is -0.0843 e. The van der Waals surface area contributed by atoms with Gasteiger partial charge in [-0.2, -0.15) is 0 Å². The van der Waals surface area contributed by atoms with E-state index in [1.807, 2.05) is 18.2 Å². The van der Waals surface area contributed by atoms with Crippen LogP contribution in [-0.2, 0) is 5.41 Å². The van der Waals surface area contributed by atoms with Crippen LogP contribution in [0.1, 0.15) is 43.2 Å². The van der Waals surface area contributed by atoms with E-state index in [1.165, 1.54) is 48.8 Å². The lowest BCUT2D eigenvalue weighted by molar-refractivity contribution is -0.0399. The van der Waals surface area contributed by atoms with Crippen LogP contribution in [0.25, 0.3) is 22.3 Å². The molecule has 4 fully saturated rings. The first-order valence-corrected chi connectivity index (χ1v) is 12.1. The highest BCUT2D eigenvalue weighted by atomic mass is 35.5. The van der Waals surface area contributed by atoms with E-state index < -0.39 is 0 Å². The van der Waals surface area contributed by atoms with Crippen molar-refractivity contribution in [1.29, 1.82) is 0 Å². The fourth-order valence-corrected chi connectivity index (χ4v) is 8.58. The highest BCUT2D eigenvalue weighted by Crippen LogP contribution is 2.69. The van der Waals surface area contributed by atoms with Crippen molar-refractivity contribution in [2.24, 2.45) is 23.7 Å². The average molecular weight is 431 g/mol. The van der Waals surface area contributed by atoms with E-state index >= 15 is 0 Å². The fourth-order valence-electron chi connectivity index (χ4n) is 8.05. The maximum Gasteiger partial charge on any atom is 0.0426 e. The number of hydrogen-bond donors (Lipinski definition) is 0. The summed E-state index contributed by atoms with van der Waals surface area (Å²) >= 11 is 12.7. The van der Waals surface area contributed by atoms with Gasteiger partial charge in [-0.15, -0.1) is 0 Å². The second-order valence-electron chi connectivity index (χ2n) is 10.1. The summed E-state index contributed by atoms with van der Waals surface area (Å²) < 4.78 is 0. The average Bonchev–Trinajstić information content (AvgIpc) is 3.01. The van der Waals surface area contributed by atoms with Crippen LogP contribution in [0.4, 0.5) is 0 Å². The molecule has 150 valence electrons. The monoisotopic (exact) mass is 430 g/mol. The molecule has 0 radical (unpaired) electrons. The summed E-state index contributed by atoms with van der Waals surface area (Å²) in [5.74, 6) is 3.50. The molecule has 0 nitrogen and oxygen atoms in total. The van der Waals surface area contributed by atoms with E-state index in [4.69, 9.17) is 23.2 Å². The van der Waals surface area contributed by atoms with Gasteiger partial charge < -0.3 is 0 Å². The quantitative estimate of drug-likeness (QED) is 0.363. The molecular formula is C28H24Cl2. The number of rotatable bonds is 1. The Balaban J connectivity index is 1.48. The molecule has 30 heavy (non-hydrogen) atoms. The van der Waals surface area contributed by atoms with Crippen LogP contribution in [-0.4, -0.2) is 0 Å². The van der Waals surface area contributed by atoms with Gasteiger partial charge in [0, 0.05) is 15.5 Å². The summed E-state index contributed by atoms with van der Waals surface area (Å²) in [7, 11) is 0.